The number of nitrogens with zero attached hydrogens (tertiary/aromatic N) is 4. The summed E-state index contributed by atoms with van der Waals surface area (Å²) in [5.41, 5.74) is 1.74. The third kappa shape index (κ3) is 6.25. The fourth-order valence-corrected chi connectivity index (χ4v) is 5.83. The van der Waals surface area contributed by atoms with E-state index in [1.807, 2.05) is 24.3 Å². The standard InChI is InChI=1S/C32H34F3N7O3/c1-31(2)27-20(6-4-8-25(27)38-29(31)43)17-36-28-23(32(33,34)35)18-37-30(40-28)39-24-10-9-21(16-26(24)44-3)42-13-11-41(12-14-42)19-22-7-5-15-45-22/h4-10,15-16,18H,11-14,17,19H2,1-3H3,(H,38,43)(H2,36,37,39,40). The second kappa shape index (κ2) is 12.0. The molecule has 10 nitrogen and oxygen atoms in total. The van der Waals surface area contributed by atoms with Crippen molar-refractivity contribution in [3.8, 4) is 5.75 Å². The summed E-state index contributed by atoms with van der Waals surface area (Å²) >= 11 is 0. The van der Waals surface area contributed by atoms with Crippen LogP contribution in [0.15, 0.2) is 65.4 Å². The fraction of sp³-hybridized carbons (Fsp3) is 0.344. The van der Waals surface area contributed by atoms with Crippen LogP contribution < -0.4 is 25.6 Å². The molecule has 3 N–H and O–H groups in total. The number of rotatable bonds is 9. The Morgan fingerprint density at radius 3 is 2.60 bits per heavy atom. The molecule has 1 fully saturated rings. The highest BCUT2D eigenvalue weighted by Gasteiger charge is 2.40. The van der Waals surface area contributed by atoms with Gasteiger partial charge in [-0.2, -0.15) is 18.2 Å². The molecular weight excluding hydrogens is 587 g/mol. The first-order chi connectivity index (χ1) is 21.5. The van der Waals surface area contributed by atoms with Crippen LogP contribution >= 0.6 is 0 Å². The predicted molar refractivity (Wildman–Crippen MR) is 165 cm³/mol. The zero-order valence-electron chi connectivity index (χ0n) is 25.2. The van der Waals surface area contributed by atoms with Crippen LogP contribution in [0.4, 0.5) is 42.0 Å². The molecule has 2 aliphatic rings. The van der Waals surface area contributed by atoms with Gasteiger partial charge in [0.1, 0.15) is 22.9 Å². The van der Waals surface area contributed by atoms with Gasteiger partial charge < -0.3 is 30.0 Å². The number of carbonyl (C=O) groups excluding carboxylic acids is 1. The molecule has 236 valence electrons. The van der Waals surface area contributed by atoms with Crippen molar-refractivity contribution >= 4 is 34.7 Å². The summed E-state index contributed by atoms with van der Waals surface area (Å²) in [6, 6.07) is 14.8. The van der Waals surface area contributed by atoms with Crippen LogP contribution in [0.3, 0.4) is 0 Å². The average Bonchev–Trinajstić information content (AvgIpc) is 3.61. The first-order valence-electron chi connectivity index (χ1n) is 14.6. The number of carbonyl (C=O) groups is 1. The molecule has 2 aromatic heterocycles. The van der Waals surface area contributed by atoms with Crippen molar-refractivity contribution in [2.45, 2.75) is 38.5 Å². The number of furan rings is 1. The van der Waals surface area contributed by atoms with E-state index in [0.29, 0.717) is 22.7 Å². The minimum Gasteiger partial charge on any atom is -0.494 e. The number of nitrogens with one attached hydrogen (secondary N) is 3. The molecule has 0 bridgehead atoms. The zero-order valence-corrected chi connectivity index (χ0v) is 25.2. The molecule has 1 saturated heterocycles. The summed E-state index contributed by atoms with van der Waals surface area (Å²) in [6.45, 7) is 7.73. The quantitative estimate of drug-likeness (QED) is 0.207. The van der Waals surface area contributed by atoms with E-state index in [2.05, 4.69) is 35.7 Å². The maximum absolute atomic E-state index is 14.0. The number of fused-ring (bicyclic) bond motifs is 1. The molecule has 0 aliphatic carbocycles. The Bertz CT molecular complexity index is 1680. The summed E-state index contributed by atoms with van der Waals surface area (Å²) in [4.78, 5) is 25.2. The number of benzene rings is 2. The van der Waals surface area contributed by atoms with Gasteiger partial charge in [0.05, 0.1) is 31.0 Å². The van der Waals surface area contributed by atoms with Gasteiger partial charge in [-0.3, -0.25) is 9.69 Å². The molecule has 2 aliphatic heterocycles. The Hall–Kier alpha value is -4.78. The van der Waals surface area contributed by atoms with Crippen molar-refractivity contribution in [1.29, 1.82) is 0 Å². The van der Waals surface area contributed by atoms with Crippen molar-refractivity contribution < 1.29 is 27.1 Å². The lowest BCUT2D eigenvalue weighted by Gasteiger charge is -2.36. The third-order valence-electron chi connectivity index (χ3n) is 8.26. The van der Waals surface area contributed by atoms with Crippen molar-refractivity contribution in [1.82, 2.24) is 14.9 Å². The Kier molecular flexibility index (Phi) is 8.04. The van der Waals surface area contributed by atoms with Crippen LogP contribution in [-0.2, 0) is 29.5 Å². The van der Waals surface area contributed by atoms with E-state index >= 15 is 0 Å². The van der Waals surface area contributed by atoms with Gasteiger partial charge in [0.25, 0.3) is 0 Å². The predicted octanol–water partition coefficient (Wildman–Crippen LogP) is 6.00. The largest absolute Gasteiger partial charge is 0.494 e. The maximum Gasteiger partial charge on any atom is 0.421 e. The van der Waals surface area contributed by atoms with Gasteiger partial charge in [-0.05, 0) is 55.3 Å². The van der Waals surface area contributed by atoms with E-state index in [-0.39, 0.29) is 24.2 Å². The SMILES string of the molecule is COc1cc(N2CCN(Cc3ccco3)CC2)ccc1Nc1ncc(C(F)(F)F)c(NCc2cccc3c2C(C)(C)C(=O)N3)n1. The third-order valence-corrected chi connectivity index (χ3v) is 8.26. The van der Waals surface area contributed by atoms with Gasteiger partial charge in [0, 0.05) is 56.4 Å². The van der Waals surface area contributed by atoms with Crippen LogP contribution in [0.1, 0.15) is 36.3 Å². The summed E-state index contributed by atoms with van der Waals surface area (Å²) in [5.74, 6) is 0.865. The first-order valence-corrected chi connectivity index (χ1v) is 14.6. The van der Waals surface area contributed by atoms with E-state index in [4.69, 9.17) is 9.15 Å². The molecule has 45 heavy (non-hydrogen) atoms. The van der Waals surface area contributed by atoms with Crippen molar-refractivity contribution in [3.63, 3.8) is 0 Å². The maximum atomic E-state index is 14.0. The average molecular weight is 622 g/mol. The molecule has 1 amide bonds. The highest BCUT2D eigenvalue weighted by Crippen LogP contribution is 2.41. The number of amides is 1. The molecule has 0 spiro atoms. The first kappa shape index (κ1) is 30.3. The molecule has 0 radical (unpaired) electrons. The molecule has 4 heterocycles. The molecule has 4 aromatic rings. The Labute approximate surface area is 258 Å². The minimum atomic E-state index is -4.68. The van der Waals surface area contributed by atoms with Gasteiger partial charge in [-0.1, -0.05) is 12.1 Å². The van der Waals surface area contributed by atoms with E-state index in [1.165, 1.54) is 7.11 Å². The molecule has 0 saturated carbocycles. The van der Waals surface area contributed by atoms with E-state index in [1.54, 1.807) is 44.4 Å². The molecule has 6 rings (SSSR count). The van der Waals surface area contributed by atoms with Crippen molar-refractivity contribution in [2.75, 3.05) is 54.1 Å². The number of aromatic nitrogens is 2. The second-order valence-corrected chi connectivity index (χ2v) is 11.6. The van der Waals surface area contributed by atoms with E-state index in [0.717, 1.165) is 55.9 Å². The summed E-state index contributed by atoms with van der Waals surface area (Å²) in [7, 11) is 1.53. The lowest BCUT2D eigenvalue weighted by molar-refractivity contribution is -0.137. The van der Waals surface area contributed by atoms with Crippen LogP contribution in [0.2, 0.25) is 0 Å². The number of ether oxygens (including phenoxy) is 1. The summed E-state index contributed by atoms with van der Waals surface area (Å²) < 4.78 is 53.0. The van der Waals surface area contributed by atoms with E-state index < -0.39 is 17.2 Å². The minimum absolute atomic E-state index is 0.0217. The van der Waals surface area contributed by atoms with Gasteiger partial charge in [0.15, 0.2) is 0 Å². The van der Waals surface area contributed by atoms with Gasteiger partial charge >= 0.3 is 6.18 Å². The van der Waals surface area contributed by atoms with Crippen LogP contribution in [0, 0.1) is 0 Å². The Balaban J connectivity index is 1.18. The van der Waals surface area contributed by atoms with Crippen LogP contribution in [-0.4, -0.2) is 54.1 Å². The monoisotopic (exact) mass is 621 g/mol. The lowest BCUT2D eigenvalue weighted by Crippen LogP contribution is -2.45. The van der Waals surface area contributed by atoms with Gasteiger partial charge in [-0.15, -0.1) is 0 Å². The second-order valence-electron chi connectivity index (χ2n) is 11.6. The molecule has 2 aromatic carbocycles. The number of methoxy groups -OCH3 is 1. The highest BCUT2D eigenvalue weighted by molar-refractivity contribution is 6.06. The number of hydrogen-bond acceptors (Lipinski definition) is 9. The summed E-state index contributed by atoms with van der Waals surface area (Å²) in [6.07, 6.45) is -2.25. The van der Waals surface area contributed by atoms with E-state index in [9.17, 15) is 18.0 Å². The Morgan fingerprint density at radius 2 is 1.89 bits per heavy atom. The lowest BCUT2D eigenvalue weighted by atomic mass is 9.83. The number of piperazine rings is 1. The van der Waals surface area contributed by atoms with Crippen LogP contribution in [0.25, 0.3) is 0 Å². The van der Waals surface area contributed by atoms with Crippen molar-refractivity contribution in [3.05, 3.63) is 83.4 Å². The fourth-order valence-electron chi connectivity index (χ4n) is 5.83. The molecule has 0 unspecified atom stereocenters. The zero-order chi connectivity index (χ0) is 31.8. The van der Waals surface area contributed by atoms with Gasteiger partial charge in [-0.25, -0.2) is 4.98 Å². The molecule has 13 heteroatoms. The Morgan fingerprint density at radius 1 is 1.09 bits per heavy atom. The number of alkyl halides is 3. The number of anilines is 5. The normalized spacial score (nSPS) is 16.3. The summed E-state index contributed by atoms with van der Waals surface area (Å²) in [5, 5.41) is 8.70. The highest BCUT2D eigenvalue weighted by atomic mass is 19.4. The topological polar surface area (TPSA) is 108 Å². The molecular formula is C32H34F3N7O3. The van der Waals surface area contributed by atoms with Gasteiger partial charge in [0.2, 0.25) is 11.9 Å². The number of halogens is 3. The van der Waals surface area contributed by atoms with Crippen LogP contribution in [0.5, 0.6) is 5.75 Å². The smallest absolute Gasteiger partial charge is 0.421 e. The molecule has 0 atom stereocenters. The number of hydrogen-bond donors (Lipinski definition) is 3. The van der Waals surface area contributed by atoms with Crippen molar-refractivity contribution in [2.24, 2.45) is 0 Å².